The summed E-state index contributed by atoms with van der Waals surface area (Å²) in [4.78, 5) is 21.7. The summed E-state index contributed by atoms with van der Waals surface area (Å²) < 4.78 is 5.58. The van der Waals surface area contributed by atoms with E-state index in [4.69, 9.17) is 61.4 Å². The number of aromatic carboxylic acids is 2. The number of carboxylic acids is 2. The van der Waals surface area contributed by atoms with Crippen LogP contribution in [0.1, 0.15) is 20.7 Å². The van der Waals surface area contributed by atoms with E-state index in [-0.39, 0.29) is 10.0 Å². The molecule has 0 unspecified atom stereocenters. The zero-order valence-electron chi connectivity index (χ0n) is 14.4. The second-order valence-corrected chi connectivity index (χ2v) is 6.86. The van der Waals surface area contributed by atoms with E-state index in [0.29, 0.717) is 0 Å². The van der Waals surface area contributed by atoms with Crippen molar-refractivity contribution in [1.29, 1.82) is 0 Å². The predicted molar refractivity (Wildman–Crippen MR) is 113 cm³/mol. The minimum Gasteiger partial charge on any atom is -0.478 e. The van der Waals surface area contributed by atoms with E-state index in [2.05, 4.69) is 0 Å². The monoisotopic (exact) mass is 472 g/mol. The quantitative estimate of drug-likeness (QED) is 0.309. The Labute approximate surface area is 186 Å². The van der Waals surface area contributed by atoms with Crippen LogP contribution in [0, 0.1) is 0 Å². The average molecular weight is 474 g/mol. The lowest BCUT2D eigenvalue weighted by Gasteiger charge is -2.10. The van der Waals surface area contributed by atoms with E-state index in [1.807, 2.05) is 60.7 Å². The Bertz CT molecular complexity index is 942. The third-order valence-electron chi connectivity index (χ3n) is 3.42. The van der Waals surface area contributed by atoms with Crippen LogP contribution in [0.25, 0.3) is 0 Å². The van der Waals surface area contributed by atoms with Crippen LogP contribution in [0.5, 0.6) is 11.5 Å². The highest BCUT2D eigenvalue weighted by molar-refractivity contribution is 6.53. The molecule has 0 aliphatic carbocycles. The molecule has 0 bridgehead atoms. The van der Waals surface area contributed by atoms with Crippen LogP contribution in [0.4, 0.5) is 0 Å². The molecule has 3 rings (SSSR count). The van der Waals surface area contributed by atoms with Crippen molar-refractivity contribution in [1.82, 2.24) is 0 Å². The van der Waals surface area contributed by atoms with E-state index in [1.165, 1.54) is 0 Å². The normalized spacial score (nSPS) is 9.93. The molecule has 0 fully saturated rings. The Balaban J connectivity index is 0.000000211. The molecule has 0 spiro atoms. The summed E-state index contributed by atoms with van der Waals surface area (Å²) >= 11 is 22.4. The number of benzene rings is 3. The number of hydrogen-bond donors (Lipinski definition) is 2. The van der Waals surface area contributed by atoms with Gasteiger partial charge in [0.1, 0.15) is 11.5 Å². The Kier molecular flexibility index (Phi) is 8.17. The van der Waals surface area contributed by atoms with Crippen LogP contribution in [0.2, 0.25) is 20.1 Å². The Morgan fingerprint density at radius 2 is 0.897 bits per heavy atom. The first-order valence-electron chi connectivity index (χ1n) is 7.84. The van der Waals surface area contributed by atoms with Crippen molar-refractivity contribution in [2.45, 2.75) is 0 Å². The van der Waals surface area contributed by atoms with E-state index >= 15 is 0 Å². The van der Waals surface area contributed by atoms with Crippen LogP contribution in [-0.4, -0.2) is 22.2 Å². The van der Waals surface area contributed by atoms with Crippen molar-refractivity contribution in [2.24, 2.45) is 0 Å². The van der Waals surface area contributed by atoms with Crippen molar-refractivity contribution >= 4 is 58.3 Å². The maximum absolute atomic E-state index is 10.9. The second-order valence-electron chi connectivity index (χ2n) is 5.34. The van der Waals surface area contributed by atoms with E-state index < -0.39 is 33.1 Å². The van der Waals surface area contributed by atoms with Gasteiger partial charge in [-0.25, -0.2) is 9.59 Å². The number of carboxylic acid groups (broad SMARTS) is 2. The van der Waals surface area contributed by atoms with Gasteiger partial charge in [-0.3, -0.25) is 0 Å². The minimum atomic E-state index is -1.55. The molecule has 29 heavy (non-hydrogen) atoms. The van der Waals surface area contributed by atoms with Crippen LogP contribution < -0.4 is 4.74 Å². The third-order valence-corrected chi connectivity index (χ3v) is 5.22. The van der Waals surface area contributed by atoms with Gasteiger partial charge in [0, 0.05) is 0 Å². The average Bonchev–Trinajstić information content (AvgIpc) is 2.70. The largest absolute Gasteiger partial charge is 0.478 e. The van der Waals surface area contributed by atoms with Crippen molar-refractivity contribution in [3.05, 3.63) is 91.9 Å². The first-order chi connectivity index (χ1) is 13.7. The van der Waals surface area contributed by atoms with Gasteiger partial charge >= 0.3 is 11.9 Å². The topological polar surface area (TPSA) is 83.8 Å². The molecule has 9 heteroatoms. The molecule has 0 saturated carbocycles. The zero-order valence-corrected chi connectivity index (χ0v) is 17.4. The lowest BCUT2D eigenvalue weighted by atomic mass is 10.1. The first-order valence-corrected chi connectivity index (χ1v) is 9.35. The summed E-state index contributed by atoms with van der Waals surface area (Å²) in [6.07, 6.45) is 0. The number of carbonyl (C=O) groups is 2. The molecule has 3 aromatic rings. The van der Waals surface area contributed by atoms with Crippen LogP contribution in [-0.2, 0) is 0 Å². The van der Waals surface area contributed by atoms with Gasteiger partial charge in [0.25, 0.3) is 0 Å². The lowest BCUT2D eigenvalue weighted by molar-refractivity contribution is 0.0652. The third kappa shape index (κ3) is 5.78. The predicted octanol–water partition coefficient (Wildman–Crippen LogP) is 7.18. The van der Waals surface area contributed by atoms with Crippen molar-refractivity contribution in [2.75, 3.05) is 0 Å². The molecule has 0 aromatic heterocycles. The molecule has 5 nitrogen and oxygen atoms in total. The summed E-state index contributed by atoms with van der Waals surface area (Å²) in [5.74, 6) is -1.37. The summed E-state index contributed by atoms with van der Waals surface area (Å²) in [5, 5.41) is 16.1. The smallest absolute Gasteiger partial charge is 0.338 e. The van der Waals surface area contributed by atoms with Gasteiger partial charge in [-0.15, -0.1) is 0 Å². The summed E-state index contributed by atoms with van der Waals surface area (Å²) in [7, 11) is 0. The molecule has 0 saturated heterocycles. The molecule has 150 valence electrons. The van der Waals surface area contributed by atoms with Gasteiger partial charge in [0.15, 0.2) is 0 Å². The van der Waals surface area contributed by atoms with Gasteiger partial charge in [-0.05, 0) is 24.3 Å². The first kappa shape index (κ1) is 22.8. The number of hydrogen-bond acceptors (Lipinski definition) is 3. The number of para-hydroxylation sites is 2. The van der Waals surface area contributed by atoms with Crippen molar-refractivity contribution in [3.63, 3.8) is 0 Å². The molecule has 0 radical (unpaired) electrons. The van der Waals surface area contributed by atoms with Gasteiger partial charge in [0.2, 0.25) is 0 Å². The van der Waals surface area contributed by atoms with Crippen LogP contribution in [0.3, 0.4) is 0 Å². The number of halogens is 4. The molecule has 3 aromatic carbocycles. The highest BCUT2D eigenvalue weighted by Crippen LogP contribution is 2.41. The van der Waals surface area contributed by atoms with E-state index in [9.17, 15) is 9.59 Å². The second kappa shape index (κ2) is 10.4. The molecule has 0 atom stereocenters. The van der Waals surface area contributed by atoms with Gasteiger partial charge in [-0.1, -0.05) is 82.8 Å². The Hall–Kier alpha value is -2.44. The summed E-state index contributed by atoms with van der Waals surface area (Å²) in [6, 6.07) is 19.5. The fourth-order valence-electron chi connectivity index (χ4n) is 2.15. The number of ether oxygens (including phenoxy) is 1. The molecule has 2 N–H and O–H groups in total. The molecule has 0 heterocycles. The Morgan fingerprint density at radius 1 is 0.586 bits per heavy atom. The maximum atomic E-state index is 10.9. The summed E-state index contributed by atoms with van der Waals surface area (Å²) in [5.41, 5.74) is -1.37. The highest BCUT2D eigenvalue weighted by atomic mass is 35.5. The van der Waals surface area contributed by atoms with Gasteiger partial charge in [-0.2, -0.15) is 0 Å². The van der Waals surface area contributed by atoms with Crippen molar-refractivity contribution in [3.8, 4) is 11.5 Å². The minimum absolute atomic E-state index is 0.296. The zero-order chi connectivity index (χ0) is 21.6. The molecular weight excluding hydrogens is 462 g/mol. The maximum Gasteiger partial charge on any atom is 0.338 e. The molecule has 0 amide bonds. The Morgan fingerprint density at radius 3 is 1.17 bits per heavy atom. The number of rotatable bonds is 4. The van der Waals surface area contributed by atoms with Gasteiger partial charge < -0.3 is 14.9 Å². The SMILES string of the molecule is O=C(O)c1c(Cl)c(Cl)c(Cl)c(Cl)c1C(=O)O.c1ccc(Oc2ccccc2)cc1. The van der Waals surface area contributed by atoms with Gasteiger partial charge in [0.05, 0.1) is 31.2 Å². The van der Waals surface area contributed by atoms with Crippen LogP contribution >= 0.6 is 46.4 Å². The highest BCUT2D eigenvalue weighted by Gasteiger charge is 2.28. The fourth-order valence-corrected chi connectivity index (χ4v) is 3.16. The van der Waals surface area contributed by atoms with Crippen LogP contribution in [0.15, 0.2) is 60.7 Å². The van der Waals surface area contributed by atoms with Crippen molar-refractivity contribution < 1.29 is 24.5 Å². The lowest BCUT2D eigenvalue weighted by Crippen LogP contribution is -2.10. The standard InChI is InChI=1S/C12H10O.C8H2Cl4O4/c1-3-7-11(8-4-1)13-12-9-5-2-6-10-12;9-3-1(7(13)14)2(8(15)16)4(10)6(12)5(3)11/h1-10H;(H,13,14)(H,15,16). The molecular formula is C20H12Cl4O5. The van der Waals surface area contributed by atoms with E-state index in [0.717, 1.165) is 11.5 Å². The van der Waals surface area contributed by atoms with E-state index in [1.54, 1.807) is 0 Å². The molecule has 0 aliphatic heterocycles. The fraction of sp³-hybridized carbons (Fsp3) is 0. The molecule has 0 aliphatic rings. The summed E-state index contributed by atoms with van der Waals surface area (Å²) in [6.45, 7) is 0.